The third-order valence-corrected chi connectivity index (χ3v) is 3.12. The first kappa shape index (κ1) is 10.2. The van der Waals surface area contributed by atoms with E-state index in [4.69, 9.17) is 5.11 Å². The van der Waals surface area contributed by atoms with Gasteiger partial charge in [-0.25, -0.2) is 0 Å². The Hall–Kier alpha value is -1.35. The summed E-state index contributed by atoms with van der Waals surface area (Å²) in [6, 6.07) is 9.41. The van der Waals surface area contributed by atoms with E-state index in [0.29, 0.717) is 12.8 Å². The predicted octanol–water partition coefficient (Wildman–Crippen LogP) is 1.63. The van der Waals surface area contributed by atoms with Crippen LogP contribution in [0, 0.1) is 5.92 Å². The van der Waals surface area contributed by atoms with Gasteiger partial charge in [0.05, 0.1) is 12.0 Å². The Morgan fingerprint density at radius 3 is 2.47 bits per heavy atom. The molecule has 1 fully saturated rings. The Bertz CT molecular complexity index is 347. The minimum Gasteiger partial charge on any atom is -0.481 e. The number of carboxylic acids is 1. The van der Waals surface area contributed by atoms with Gasteiger partial charge in [0.2, 0.25) is 0 Å². The van der Waals surface area contributed by atoms with Crippen molar-refractivity contribution >= 4 is 5.97 Å². The predicted molar refractivity (Wildman–Crippen MR) is 55.5 cm³/mol. The van der Waals surface area contributed by atoms with Crippen LogP contribution in [0.2, 0.25) is 0 Å². The van der Waals surface area contributed by atoms with Gasteiger partial charge in [0.1, 0.15) is 0 Å². The van der Waals surface area contributed by atoms with Crippen LogP contribution in [0.4, 0.5) is 0 Å². The Morgan fingerprint density at radius 1 is 1.20 bits per heavy atom. The molecule has 3 nitrogen and oxygen atoms in total. The van der Waals surface area contributed by atoms with Crippen LogP contribution in [0.5, 0.6) is 0 Å². The fourth-order valence-corrected chi connectivity index (χ4v) is 2.38. The molecule has 1 saturated carbocycles. The fraction of sp³-hybridized carbons (Fsp3) is 0.417. The minimum absolute atomic E-state index is 0.247. The summed E-state index contributed by atoms with van der Waals surface area (Å²) in [4.78, 5) is 11.0. The normalized spacial score (nSPS) is 30.3. The molecular formula is C12H14O3. The molecular weight excluding hydrogens is 192 g/mol. The average Bonchev–Trinajstić information content (AvgIpc) is 2.61. The maximum Gasteiger partial charge on any atom is 0.307 e. The van der Waals surface area contributed by atoms with Crippen LogP contribution >= 0.6 is 0 Å². The van der Waals surface area contributed by atoms with Crippen molar-refractivity contribution in [3.05, 3.63) is 35.9 Å². The highest BCUT2D eigenvalue weighted by Gasteiger charge is 2.40. The molecule has 1 aromatic carbocycles. The monoisotopic (exact) mass is 206 g/mol. The van der Waals surface area contributed by atoms with Crippen molar-refractivity contribution in [2.45, 2.75) is 24.9 Å². The number of aliphatic hydroxyl groups is 1. The van der Waals surface area contributed by atoms with Gasteiger partial charge < -0.3 is 10.2 Å². The third kappa shape index (κ3) is 1.88. The molecule has 3 heteroatoms. The van der Waals surface area contributed by atoms with E-state index >= 15 is 0 Å². The van der Waals surface area contributed by atoms with Crippen molar-refractivity contribution in [2.75, 3.05) is 0 Å². The van der Waals surface area contributed by atoms with Crippen molar-refractivity contribution in [1.29, 1.82) is 0 Å². The molecule has 3 atom stereocenters. The molecule has 0 amide bonds. The van der Waals surface area contributed by atoms with E-state index in [0.717, 1.165) is 5.56 Å². The van der Waals surface area contributed by atoms with E-state index in [-0.39, 0.29) is 5.92 Å². The second kappa shape index (κ2) is 4.03. The lowest BCUT2D eigenvalue weighted by atomic mass is 9.88. The molecule has 0 aliphatic heterocycles. The molecule has 0 bridgehead atoms. The van der Waals surface area contributed by atoms with Crippen LogP contribution < -0.4 is 0 Å². The lowest BCUT2D eigenvalue weighted by Gasteiger charge is -2.19. The SMILES string of the molecule is O=C(O)[C@@H]1CC[C@@H](O)[C@H]1c1ccccc1. The highest BCUT2D eigenvalue weighted by atomic mass is 16.4. The second-order valence-electron chi connectivity index (χ2n) is 4.03. The second-order valence-corrected chi connectivity index (χ2v) is 4.03. The van der Waals surface area contributed by atoms with Crippen LogP contribution in [0.3, 0.4) is 0 Å². The summed E-state index contributed by atoms with van der Waals surface area (Å²) >= 11 is 0. The molecule has 0 saturated heterocycles. The van der Waals surface area contributed by atoms with Gasteiger partial charge in [0.15, 0.2) is 0 Å². The third-order valence-electron chi connectivity index (χ3n) is 3.12. The van der Waals surface area contributed by atoms with E-state index in [1.54, 1.807) is 0 Å². The minimum atomic E-state index is -0.805. The molecule has 80 valence electrons. The Kier molecular flexibility index (Phi) is 2.73. The van der Waals surface area contributed by atoms with Crippen molar-refractivity contribution in [3.8, 4) is 0 Å². The smallest absolute Gasteiger partial charge is 0.307 e. The van der Waals surface area contributed by atoms with Gasteiger partial charge in [-0.3, -0.25) is 4.79 Å². The summed E-state index contributed by atoms with van der Waals surface area (Å²) in [5, 5.41) is 18.8. The highest BCUT2D eigenvalue weighted by Crippen LogP contribution is 2.39. The zero-order chi connectivity index (χ0) is 10.8. The van der Waals surface area contributed by atoms with Crippen LogP contribution in [-0.2, 0) is 4.79 Å². The number of aliphatic carboxylic acids is 1. The number of carboxylic acid groups (broad SMARTS) is 1. The van der Waals surface area contributed by atoms with Crippen molar-refractivity contribution < 1.29 is 15.0 Å². The number of hydrogen-bond acceptors (Lipinski definition) is 2. The molecule has 0 unspecified atom stereocenters. The van der Waals surface area contributed by atoms with E-state index in [9.17, 15) is 9.90 Å². The average molecular weight is 206 g/mol. The van der Waals surface area contributed by atoms with Crippen LogP contribution in [0.25, 0.3) is 0 Å². The summed E-state index contributed by atoms with van der Waals surface area (Å²) in [6.07, 6.45) is 0.626. The van der Waals surface area contributed by atoms with Crippen molar-refractivity contribution in [2.24, 2.45) is 5.92 Å². The van der Waals surface area contributed by atoms with Crippen molar-refractivity contribution in [1.82, 2.24) is 0 Å². The number of rotatable bonds is 2. The van der Waals surface area contributed by atoms with Crippen LogP contribution in [0.1, 0.15) is 24.3 Å². The van der Waals surface area contributed by atoms with Crippen LogP contribution in [-0.4, -0.2) is 22.3 Å². The number of carbonyl (C=O) groups is 1. The van der Waals surface area contributed by atoms with Gasteiger partial charge in [-0.1, -0.05) is 30.3 Å². The lowest BCUT2D eigenvalue weighted by Crippen LogP contribution is -2.22. The van der Waals surface area contributed by atoms with E-state index in [2.05, 4.69) is 0 Å². The lowest BCUT2D eigenvalue weighted by molar-refractivity contribution is -0.142. The Balaban J connectivity index is 2.29. The van der Waals surface area contributed by atoms with Crippen LogP contribution in [0.15, 0.2) is 30.3 Å². The van der Waals surface area contributed by atoms with Gasteiger partial charge >= 0.3 is 5.97 Å². The molecule has 2 rings (SSSR count). The zero-order valence-electron chi connectivity index (χ0n) is 8.34. The molecule has 2 N–H and O–H groups in total. The maximum atomic E-state index is 11.0. The summed E-state index contributed by atoms with van der Waals surface area (Å²) < 4.78 is 0. The van der Waals surface area contributed by atoms with Gasteiger partial charge in [0, 0.05) is 5.92 Å². The standard InChI is InChI=1S/C12H14O3/c13-10-7-6-9(12(14)15)11(10)8-4-2-1-3-5-8/h1-5,9-11,13H,6-7H2,(H,14,15)/t9-,10-,11+/m1/s1. The first-order valence-electron chi connectivity index (χ1n) is 5.16. The van der Waals surface area contributed by atoms with E-state index in [1.165, 1.54) is 0 Å². The highest BCUT2D eigenvalue weighted by molar-refractivity contribution is 5.72. The molecule has 0 radical (unpaired) electrons. The first-order valence-corrected chi connectivity index (χ1v) is 5.16. The molecule has 1 aliphatic carbocycles. The Morgan fingerprint density at radius 2 is 1.87 bits per heavy atom. The topological polar surface area (TPSA) is 57.5 Å². The van der Waals surface area contributed by atoms with Gasteiger partial charge in [-0.2, -0.15) is 0 Å². The van der Waals surface area contributed by atoms with Gasteiger partial charge in [-0.15, -0.1) is 0 Å². The summed E-state index contributed by atoms with van der Waals surface area (Å²) in [6.45, 7) is 0. The van der Waals surface area contributed by atoms with E-state index in [1.807, 2.05) is 30.3 Å². The number of hydrogen-bond donors (Lipinski definition) is 2. The molecule has 1 aliphatic rings. The zero-order valence-corrected chi connectivity index (χ0v) is 8.34. The summed E-state index contributed by atoms with van der Waals surface area (Å²) in [5.74, 6) is -1.49. The molecule has 1 aromatic rings. The number of aliphatic hydroxyl groups excluding tert-OH is 1. The molecule has 0 spiro atoms. The van der Waals surface area contributed by atoms with Gasteiger partial charge in [-0.05, 0) is 18.4 Å². The van der Waals surface area contributed by atoms with E-state index < -0.39 is 18.0 Å². The fourth-order valence-electron chi connectivity index (χ4n) is 2.38. The summed E-state index contributed by atoms with van der Waals surface area (Å²) in [5.41, 5.74) is 0.926. The maximum absolute atomic E-state index is 11.0. The molecule has 15 heavy (non-hydrogen) atoms. The van der Waals surface area contributed by atoms with Crippen molar-refractivity contribution in [3.63, 3.8) is 0 Å². The quantitative estimate of drug-likeness (QED) is 0.773. The molecule has 0 heterocycles. The Labute approximate surface area is 88.4 Å². The van der Waals surface area contributed by atoms with Gasteiger partial charge in [0.25, 0.3) is 0 Å². The first-order chi connectivity index (χ1) is 7.20. The largest absolute Gasteiger partial charge is 0.481 e. The molecule has 0 aromatic heterocycles. The summed E-state index contributed by atoms with van der Waals surface area (Å²) in [7, 11) is 0. The number of benzene rings is 1.